The highest BCUT2D eigenvalue weighted by Crippen LogP contribution is 1.38. The molecule has 0 bridgehead atoms. The third-order valence-corrected chi connectivity index (χ3v) is 0. The summed E-state index contributed by atoms with van der Waals surface area (Å²) in [5.41, 5.74) is 0. The van der Waals surface area contributed by atoms with Crippen molar-refractivity contribution in [2.45, 2.75) is 20.8 Å². The van der Waals surface area contributed by atoms with Crippen LogP contribution >= 0.6 is 0 Å². The lowest BCUT2D eigenvalue weighted by Crippen LogP contribution is -1.07. The molecule has 0 atom stereocenters. The molecule has 0 aliphatic heterocycles. The summed E-state index contributed by atoms with van der Waals surface area (Å²) in [6.45, 7) is 15.2. The Kier molecular flexibility index (Phi) is 1100. The van der Waals surface area contributed by atoms with Crippen LogP contribution in [0.25, 0.3) is 0 Å². The fourth-order valence-corrected chi connectivity index (χ4v) is 0. The van der Waals surface area contributed by atoms with E-state index >= 15 is 0 Å². The SMILES string of the molecule is C=C.C=CC.CC. The molecule has 0 nitrogen and oxygen atoms in total. The lowest BCUT2D eigenvalue weighted by molar-refractivity contribution is 1.50. The monoisotopic (exact) mass is 100 g/mol. The molecular formula is C7H16. The molecule has 0 saturated carbocycles. The summed E-state index contributed by atoms with van der Waals surface area (Å²) in [6, 6.07) is 0. The Morgan fingerprint density at radius 3 is 1.14 bits per heavy atom. The van der Waals surface area contributed by atoms with Gasteiger partial charge in [-0.3, -0.25) is 0 Å². The van der Waals surface area contributed by atoms with Gasteiger partial charge in [-0.1, -0.05) is 19.9 Å². The van der Waals surface area contributed by atoms with Gasteiger partial charge in [0.15, 0.2) is 0 Å². The van der Waals surface area contributed by atoms with E-state index in [4.69, 9.17) is 0 Å². The number of hydrogen-bond acceptors (Lipinski definition) is 0. The lowest BCUT2D eigenvalue weighted by Gasteiger charge is -1.31. The Morgan fingerprint density at radius 2 is 1.14 bits per heavy atom. The molecule has 0 N–H and O–H groups in total. The highest BCUT2D eigenvalue weighted by atomic mass is 13.2. The average molecular weight is 100 g/mol. The van der Waals surface area contributed by atoms with Crippen molar-refractivity contribution in [1.82, 2.24) is 0 Å². The van der Waals surface area contributed by atoms with Crippen LogP contribution in [0.2, 0.25) is 0 Å². The minimum absolute atomic E-state index is 1.75. The highest BCUT2D eigenvalue weighted by molar-refractivity contribution is 4.51. The second kappa shape index (κ2) is 477. The molecule has 0 aromatic rings. The van der Waals surface area contributed by atoms with Gasteiger partial charge in [0.05, 0.1) is 0 Å². The Labute approximate surface area is 47.6 Å². The standard InChI is InChI=1S/C3H6.C2H6.C2H4/c1-3-2;2*1-2/h3H,1H2,2H3;1-2H3;1-2H2. The first-order chi connectivity index (χ1) is 3.41. The van der Waals surface area contributed by atoms with Crippen LogP contribution in [0.5, 0.6) is 0 Å². The van der Waals surface area contributed by atoms with Gasteiger partial charge in [-0.25, -0.2) is 0 Å². The Hall–Kier alpha value is -0.520. The Balaban J connectivity index is -0.0000000360. The molecule has 0 fully saturated rings. The van der Waals surface area contributed by atoms with Crippen molar-refractivity contribution >= 4 is 0 Å². The van der Waals surface area contributed by atoms with Gasteiger partial charge in [0, 0.05) is 0 Å². The average Bonchev–Trinajstić information content (AvgIpc) is 1.78. The zero-order valence-electron chi connectivity index (χ0n) is 5.70. The lowest BCUT2D eigenvalue weighted by atomic mass is 10.8. The zero-order chi connectivity index (χ0) is 6.71. The van der Waals surface area contributed by atoms with Gasteiger partial charge in [0.1, 0.15) is 0 Å². The Morgan fingerprint density at radius 1 is 1.14 bits per heavy atom. The normalized spacial score (nSPS) is 3.29. The molecule has 0 rings (SSSR count). The summed E-state index contributed by atoms with van der Waals surface area (Å²) in [5, 5.41) is 0. The molecule has 44 valence electrons. The molecule has 7 heavy (non-hydrogen) atoms. The Bertz CT molecular complexity index is 14.0. The van der Waals surface area contributed by atoms with Gasteiger partial charge >= 0.3 is 0 Å². The molecule has 0 spiro atoms. The van der Waals surface area contributed by atoms with E-state index in [1.165, 1.54) is 0 Å². The van der Waals surface area contributed by atoms with Crippen LogP contribution in [0.1, 0.15) is 20.8 Å². The number of hydrogen-bond donors (Lipinski definition) is 0. The zero-order valence-corrected chi connectivity index (χ0v) is 5.70. The summed E-state index contributed by atoms with van der Waals surface area (Å²) in [5.74, 6) is 0. The maximum absolute atomic E-state index is 3.36. The van der Waals surface area contributed by atoms with Crippen LogP contribution in [0.4, 0.5) is 0 Å². The van der Waals surface area contributed by atoms with E-state index in [9.17, 15) is 0 Å². The quantitative estimate of drug-likeness (QED) is 0.410. The summed E-state index contributed by atoms with van der Waals surface area (Å²) in [6.07, 6.45) is 1.75. The minimum atomic E-state index is 1.75. The van der Waals surface area contributed by atoms with Crippen LogP contribution < -0.4 is 0 Å². The first kappa shape index (κ1) is 16.1. The molecule has 0 saturated heterocycles. The second-order valence-electron chi connectivity index (χ2n) is 0.408. The predicted octanol–water partition coefficient (Wildman–Crippen LogP) is 3.02. The van der Waals surface area contributed by atoms with Gasteiger partial charge in [-0.2, -0.15) is 0 Å². The van der Waals surface area contributed by atoms with E-state index in [1.807, 2.05) is 20.8 Å². The molecule has 0 aliphatic rings. The van der Waals surface area contributed by atoms with E-state index in [1.54, 1.807) is 6.08 Å². The fourth-order valence-electron chi connectivity index (χ4n) is 0. The van der Waals surface area contributed by atoms with Crippen molar-refractivity contribution in [2.24, 2.45) is 0 Å². The third kappa shape index (κ3) is 245. The molecule has 0 radical (unpaired) electrons. The predicted molar refractivity (Wildman–Crippen MR) is 38.5 cm³/mol. The van der Waals surface area contributed by atoms with Gasteiger partial charge < -0.3 is 0 Å². The van der Waals surface area contributed by atoms with E-state index in [2.05, 4.69) is 19.7 Å². The van der Waals surface area contributed by atoms with Gasteiger partial charge in [-0.05, 0) is 6.92 Å². The summed E-state index contributed by atoms with van der Waals surface area (Å²) in [4.78, 5) is 0. The third-order valence-electron chi connectivity index (χ3n) is 0. The van der Waals surface area contributed by atoms with E-state index in [0.29, 0.717) is 0 Å². The molecule has 0 heterocycles. The van der Waals surface area contributed by atoms with Gasteiger partial charge in [-0.15, -0.1) is 19.7 Å². The van der Waals surface area contributed by atoms with Crippen LogP contribution in [0, 0.1) is 0 Å². The molecule has 0 aromatic heterocycles. The molecule has 0 aliphatic carbocycles. The van der Waals surface area contributed by atoms with Crippen LogP contribution in [0.3, 0.4) is 0 Å². The molecular weight excluding hydrogens is 84.1 g/mol. The smallest absolute Gasteiger partial charge is 0.0473 e. The van der Waals surface area contributed by atoms with Crippen molar-refractivity contribution in [1.29, 1.82) is 0 Å². The molecule has 0 heteroatoms. The summed E-state index contributed by atoms with van der Waals surface area (Å²) >= 11 is 0. The van der Waals surface area contributed by atoms with E-state index in [0.717, 1.165) is 0 Å². The van der Waals surface area contributed by atoms with Crippen LogP contribution in [-0.4, -0.2) is 0 Å². The van der Waals surface area contributed by atoms with Crippen LogP contribution in [0.15, 0.2) is 25.8 Å². The van der Waals surface area contributed by atoms with Crippen LogP contribution in [-0.2, 0) is 0 Å². The number of allylic oxidation sites excluding steroid dienone is 1. The van der Waals surface area contributed by atoms with E-state index < -0.39 is 0 Å². The molecule has 0 unspecified atom stereocenters. The summed E-state index contributed by atoms with van der Waals surface area (Å²) in [7, 11) is 0. The second-order valence-corrected chi connectivity index (χ2v) is 0.408. The van der Waals surface area contributed by atoms with E-state index in [-0.39, 0.29) is 0 Å². The van der Waals surface area contributed by atoms with Gasteiger partial charge in [0.2, 0.25) is 0 Å². The fraction of sp³-hybridized carbons (Fsp3) is 0.429. The minimum Gasteiger partial charge on any atom is -0.106 e. The summed E-state index contributed by atoms with van der Waals surface area (Å²) < 4.78 is 0. The largest absolute Gasteiger partial charge is 0.106 e. The highest BCUT2D eigenvalue weighted by Gasteiger charge is 1.15. The maximum atomic E-state index is 3.36. The molecule has 0 aromatic carbocycles. The topological polar surface area (TPSA) is 0 Å². The van der Waals surface area contributed by atoms with Crippen molar-refractivity contribution in [2.75, 3.05) is 0 Å². The molecule has 0 amide bonds. The first-order valence-electron chi connectivity index (χ1n) is 2.49. The van der Waals surface area contributed by atoms with Gasteiger partial charge in [0.25, 0.3) is 0 Å². The number of rotatable bonds is 0. The van der Waals surface area contributed by atoms with Crippen molar-refractivity contribution in [3.8, 4) is 0 Å². The first-order valence-corrected chi connectivity index (χ1v) is 2.49. The van der Waals surface area contributed by atoms with Crippen molar-refractivity contribution in [3.05, 3.63) is 25.8 Å². The van der Waals surface area contributed by atoms with Crippen molar-refractivity contribution in [3.63, 3.8) is 0 Å². The maximum Gasteiger partial charge on any atom is -0.0473 e. The van der Waals surface area contributed by atoms with Crippen molar-refractivity contribution < 1.29 is 0 Å².